The van der Waals surface area contributed by atoms with Gasteiger partial charge in [0.15, 0.2) is 0 Å². The Labute approximate surface area is 224 Å². The zero-order valence-corrected chi connectivity index (χ0v) is 22.1. The Morgan fingerprint density at radius 1 is 1.13 bits per heavy atom. The number of nitrogens with zero attached hydrogens (tertiary/aromatic N) is 4. The maximum absolute atomic E-state index is 14.4. The first kappa shape index (κ1) is 27.6. The second-order valence-electron chi connectivity index (χ2n) is 10.2. The molecule has 11 nitrogen and oxygen atoms in total. The van der Waals surface area contributed by atoms with Crippen LogP contribution in [0.15, 0.2) is 48.7 Å². The summed E-state index contributed by atoms with van der Waals surface area (Å²) in [7, 11) is 1.56. The molecule has 1 saturated heterocycles. The lowest BCUT2D eigenvalue weighted by atomic mass is 9.90. The smallest absolute Gasteiger partial charge is 0.410 e. The number of halogens is 1. The molecule has 12 heteroatoms. The van der Waals surface area contributed by atoms with E-state index in [1.54, 1.807) is 61.7 Å². The molecule has 0 radical (unpaired) electrons. The molecule has 1 aromatic heterocycles. The number of hydrogen-bond donors (Lipinski definition) is 1. The van der Waals surface area contributed by atoms with Crippen LogP contribution < -0.4 is 10.1 Å². The Bertz CT molecular complexity index is 1370. The quantitative estimate of drug-likeness (QED) is 0.333. The summed E-state index contributed by atoms with van der Waals surface area (Å²) in [6, 6.07) is 10.1. The van der Waals surface area contributed by atoms with E-state index in [2.05, 4.69) is 10.4 Å². The number of aromatic nitrogens is 2. The Morgan fingerprint density at radius 2 is 1.79 bits per heavy atom. The second kappa shape index (κ2) is 11.1. The first-order chi connectivity index (χ1) is 18.5. The van der Waals surface area contributed by atoms with Gasteiger partial charge in [-0.15, -0.1) is 0 Å². The van der Waals surface area contributed by atoms with Gasteiger partial charge in [-0.25, -0.2) is 13.9 Å². The van der Waals surface area contributed by atoms with Crippen molar-refractivity contribution < 1.29 is 28.4 Å². The fraction of sp³-hybridized carbons (Fsp3) is 0.370. The van der Waals surface area contributed by atoms with Crippen LogP contribution in [0.4, 0.5) is 20.6 Å². The molecule has 2 aromatic carbocycles. The third-order valence-electron chi connectivity index (χ3n) is 6.31. The molecule has 0 spiro atoms. The van der Waals surface area contributed by atoms with Gasteiger partial charge < -0.3 is 19.7 Å². The summed E-state index contributed by atoms with van der Waals surface area (Å²) in [6.45, 7) is 6.24. The highest BCUT2D eigenvalue weighted by molar-refractivity contribution is 6.05. The number of nitro groups is 1. The first-order valence-corrected chi connectivity index (χ1v) is 12.4. The normalized spacial score (nSPS) is 14.1. The lowest BCUT2D eigenvalue weighted by molar-refractivity contribution is -0.384. The van der Waals surface area contributed by atoms with Gasteiger partial charge in [0.2, 0.25) is 0 Å². The van der Waals surface area contributed by atoms with Crippen molar-refractivity contribution in [3.63, 3.8) is 0 Å². The number of rotatable bonds is 6. The molecule has 0 atom stereocenters. The zero-order chi connectivity index (χ0) is 28.3. The molecule has 1 aliphatic heterocycles. The van der Waals surface area contributed by atoms with Crippen LogP contribution in [-0.2, 0) is 4.74 Å². The number of anilines is 1. The van der Waals surface area contributed by atoms with Crippen molar-refractivity contribution in [3.05, 3.63) is 75.9 Å². The van der Waals surface area contributed by atoms with Crippen LogP contribution in [-0.4, -0.2) is 57.4 Å². The lowest BCUT2D eigenvalue weighted by Crippen LogP contribution is -2.41. The molecular formula is C27H30FN5O6. The number of non-ortho nitro benzene ring substituents is 1. The highest BCUT2D eigenvalue weighted by Gasteiger charge is 2.32. The van der Waals surface area contributed by atoms with E-state index in [-0.39, 0.29) is 22.9 Å². The summed E-state index contributed by atoms with van der Waals surface area (Å²) in [4.78, 5) is 38.1. The minimum atomic E-state index is -0.802. The summed E-state index contributed by atoms with van der Waals surface area (Å²) in [6.07, 6.45) is 2.06. The Kier molecular flexibility index (Phi) is 7.84. The van der Waals surface area contributed by atoms with Crippen LogP contribution in [0, 0.1) is 15.9 Å². The molecule has 0 aliphatic carbocycles. The van der Waals surface area contributed by atoms with Crippen molar-refractivity contribution >= 4 is 23.4 Å². The zero-order valence-electron chi connectivity index (χ0n) is 22.1. The predicted octanol–water partition coefficient (Wildman–Crippen LogP) is 5.30. The van der Waals surface area contributed by atoms with Crippen molar-refractivity contribution in [2.24, 2.45) is 0 Å². The minimum Gasteiger partial charge on any atom is -0.497 e. The molecule has 0 bridgehead atoms. The number of methoxy groups -OCH3 is 1. The van der Waals surface area contributed by atoms with Crippen LogP contribution >= 0.6 is 0 Å². The lowest BCUT2D eigenvalue weighted by Gasteiger charge is -2.34. The summed E-state index contributed by atoms with van der Waals surface area (Å²) >= 11 is 0. The minimum absolute atomic E-state index is 0.163. The number of ether oxygens (including phenoxy) is 2. The molecular weight excluding hydrogens is 509 g/mol. The van der Waals surface area contributed by atoms with Gasteiger partial charge in [0.25, 0.3) is 11.6 Å². The van der Waals surface area contributed by atoms with Crippen LogP contribution in [0.3, 0.4) is 0 Å². The van der Waals surface area contributed by atoms with E-state index in [0.717, 1.165) is 18.2 Å². The molecule has 1 N–H and O–H groups in total. The summed E-state index contributed by atoms with van der Waals surface area (Å²) in [5, 5.41) is 18.1. The third kappa shape index (κ3) is 6.33. The van der Waals surface area contributed by atoms with Crippen LogP contribution in [0.25, 0.3) is 5.69 Å². The van der Waals surface area contributed by atoms with E-state index in [0.29, 0.717) is 43.1 Å². The second-order valence-corrected chi connectivity index (χ2v) is 10.2. The fourth-order valence-electron chi connectivity index (χ4n) is 4.43. The number of piperidine rings is 1. The number of amides is 2. The SMILES string of the molecule is COc1ccc(-n2ncc(C(=O)Nc3cc([N+](=O)[O-])ccc3F)c2C2CCN(C(=O)OC(C)(C)C)CC2)cc1. The Morgan fingerprint density at radius 3 is 2.38 bits per heavy atom. The Balaban J connectivity index is 1.65. The van der Waals surface area contributed by atoms with E-state index < -0.39 is 28.3 Å². The van der Waals surface area contributed by atoms with E-state index in [1.807, 2.05) is 0 Å². The molecule has 1 aliphatic rings. The van der Waals surface area contributed by atoms with Crippen LogP contribution in [0.1, 0.15) is 55.6 Å². The number of nitrogens with one attached hydrogen (secondary N) is 1. The largest absolute Gasteiger partial charge is 0.497 e. The predicted molar refractivity (Wildman–Crippen MR) is 141 cm³/mol. The van der Waals surface area contributed by atoms with Gasteiger partial charge in [0.1, 0.15) is 17.2 Å². The molecule has 0 unspecified atom stereocenters. The van der Waals surface area contributed by atoms with E-state index in [9.17, 15) is 24.1 Å². The van der Waals surface area contributed by atoms with Gasteiger partial charge in [-0.1, -0.05) is 0 Å². The molecule has 39 heavy (non-hydrogen) atoms. The fourth-order valence-corrected chi connectivity index (χ4v) is 4.43. The average molecular weight is 540 g/mol. The van der Waals surface area contributed by atoms with Crippen molar-refractivity contribution in [3.8, 4) is 11.4 Å². The van der Waals surface area contributed by atoms with E-state index in [4.69, 9.17) is 9.47 Å². The van der Waals surface area contributed by atoms with Crippen LogP contribution in [0.2, 0.25) is 0 Å². The standard InChI is InChI=1S/C27H30FN5O6/c1-27(2,3)39-26(35)31-13-11-17(12-14-31)24-21(16-29-32(24)18-5-8-20(38-4)9-6-18)25(34)30-23-15-19(33(36)37)7-10-22(23)28/h5-10,15-17H,11-14H2,1-4H3,(H,30,34). The molecule has 2 heterocycles. The Hall–Kier alpha value is -4.48. The van der Waals surface area contributed by atoms with Crippen molar-refractivity contribution in [1.82, 2.24) is 14.7 Å². The van der Waals surface area contributed by atoms with E-state index >= 15 is 0 Å². The molecule has 0 saturated carbocycles. The monoisotopic (exact) mass is 539 g/mol. The van der Waals surface area contributed by atoms with Crippen LogP contribution in [0.5, 0.6) is 5.75 Å². The van der Waals surface area contributed by atoms with Gasteiger partial charge in [-0.3, -0.25) is 14.9 Å². The molecule has 1 fully saturated rings. The molecule has 206 valence electrons. The summed E-state index contributed by atoms with van der Waals surface area (Å²) in [5.41, 5.74) is 0.196. The highest BCUT2D eigenvalue weighted by atomic mass is 19.1. The number of nitro benzene ring substituents is 1. The number of hydrogen-bond acceptors (Lipinski definition) is 7. The first-order valence-electron chi connectivity index (χ1n) is 12.4. The number of benzene rings is 2. The van der Waals surface area contributed by atoms with Gasteiger partial charge >= 0.3 is 6.09 Å². The maximum Gasteiger partial charge on any atom is 0.410 e. The third-order valence-corrected chi connectivity index (χ3v) is 6.31. The number of likely N-dealkylation sites (tertiary alicyclic amines) is 1. The highest BCUT2D eigenvalue weighted by Crippen LogP contribution is 2.34. The summed E-state index contributed by atoms with van der Waals surface area (Å²) < 4.78 is 26.8. The summed E-state index contributed by atoms with van der Waals surface area (Å²) in [5.74, 6) is -0.969. The van der Waals surface area contributed by atoms with Crippen molar-refractivity contribution in [1.29, 1.82) is 0 Å². The number of carbonyl (C=O) groups excluding carboxylic acids is 2. The average Bonchev–Trinajstić information content (AvgIpc) is 3.34. The molecule has 4 rings (SSSR count). The molecule has 3 aromatic rings. The van der Waals surface area contributed by atoms with Gasteiger partial charge in [-0.05, 0) is 63.9 Å². The van der Waals surface area contributed by atoms with Gasteiger partial charge in [-0.2, -0.15) is 5.10 Å². The van der Waals surface area contributed by atoms with E-state index in [1.165, 1.54) is 6.20 Å². The van der Waals surface area contributed by atoms with Crippen molar-refractivity contribution in [2.75, 3.05) is 25.5 Å². The topological polar surface area (TPSA) is 129 Å². The van der Waals surface area contributed by atoms with Gasteiger partial charge in [0, 0.05) is 31.1 Å². The number of carbonyl (C=O) groups is 2. The van der Waals surface area contributed by atoms with Crippen molar-refractivity contribution in [2.45, 2.75) is 45.1 Å². The van der Waals surface area contributed by atoms with Gasteiger partial charge in [0.05, 0.1) is 40.9 Å². The molecule has 2 amide bonds. The maximum atomic E-state index is 14.4.